The van der Waals surface area contributed by atoms with Gasteiger partial charge in [0.2, 0.25) is 0 Å². The van der Waals surface area contributed by atoms with Gasteiger partial charge < -0.3 is 10.0 Å². The first-order valence-electron chi connectivity index (χ1n) is 4.15. The van der Waals surface area contributed by atoms with Gasteiger partial charge in [-0.3, -0.25) is 0 Å². The Morgan fingerprint density at radius 3 is 2.64 bits per heavy atom. The molecule has 0 aromatic carbocycles. The van der Waals surface area contributed by atoms with E-state index in [0.29, 0.717) is 4.78 Å². The lowest BCUT2D eigenvalue weighted by Gasteiger charge is -1.94. The molecule has 2 N–H and O–H groups in total. The zero-order valence-electron chi connectivity index (χ0n) is 7.58. The van der Waals surface area contributed by atoms with Crippen LogP contribution in [-0.2, 0) is 0 Å². The van der Waals surface area contributed by atoms with Crippen molar-refractivity contribution in [3.05, 3.63) is 30.1 Å². The summed E-state index contributed by atoms with van der Waals surface area (Å²) in [5.74, 6) is 0. The largest absolute Gasteiger partial charge is 0.499 e. The van der Waals surface area contributed by atoms with Crippen LogP contribution in [0, 0.1) is 6.92 Å². The maximum atomic E-state index is 8.93. The summed E-state index contributed by atoms with van der Waals surface area (Å²) < 4.78 is 2.24. The topological polar surface area (TPSA) is 58.3 Å². The lowest BCUT2D eigenvalue weighted by molar-refractivity contribution is 0.427. The molecule has 0 bridgehead atoms. The van der Waals surface area contributed by atoms with Gasteiger partial charge >= 0.3 is 7.12 Å². The number of aromatic nitrogens is 2. The predicted molar refractivity (Wildman–Crippen MR) is 56.0 cm³/mol. The molecule has 6 heteroatoms. The van der Waals surface area contributed by atoms with E-state index >= 15 is 0 Å². The molecule has 2 aromatic heterocycles. The molecule has 0 aliphatic heterocycles. The van der Waals surface area contributed by atoms with Crippen LogP contribution in [0.15, 0.2) is 24.4 Å². The molecular formula is C8H9BN2O2S. The quantitative estimate of drug-likeness (QED) is 0.678. The molecule has 0 aliphatic rings. The van der Waals surface area contributed by atoms with Gasteiger partial charge in [0.05, 0.1) is 5.69 Å². The molecule has 0 atom stereocenters. The molecule has 0 radical (unpaired) electrons. The van der Waals surface area contributed by atoms with Crippen LogP contribution in [0.1, 0.15) is 5.69 Å². The highest BCUT2D eigenvalue weighted by Gasteiger charge is 2.14. The fraction of sp³-hybridized carbons (Fsp3) is 0.125. The third kappa shape index (κ3) is 1.72. The lowest BCUT2D eigenvalue weighted by atomic mass is 9.90. The Balaban J connectivity index is 2.33. The first kappa shape index (κ1) is 9.45. The normalized spacial score (nSPS) is 10.5. The van der Waals surface area contributed by atoms with Crippen molar-refractivity contribution < 1.29 is 10.0 Å². The number of thiophene rings is 1. The van der Waals surface area contributed by atoms with Crippen LogP contribution in [0.4, 0.5) is 0 Å². The summed E-state index contributed by atoms with van der Waals surface area (Å²) in [5, 5.41) is 22.9. The minimum Gasteiger partial charge on any atom is -0.423 e. The van der Waals surface area contributed by atoms with Crippen LogP contribution in [-0.4, -0.2) is 26.9 Å². The maximum Gasteiger partial charge on any atom is 0.499 e. The molecule has 0 fully saturated rings. The molecule has 2 rings (SSSR count). The Morgan fingerprint density at radius 1 is 1.36 bits per heavy atom. The van der Waals surface area contributed by atoms with Gasteiger partial charge in [-0.05, 0) is 25.1 Å². The maximum absolute atomic E-state index is 8.93. The van der Waals surface area contributed by atoms with Gasteiger partial charge in [-0.25, -0.2) is 4.68 Å². The first-order valence-corrected chi connectivity index (χ1v) is 4.97. The van der Waals surface area contributed by atoms with Crippen LogP contribution < -0.4 is 4.78 Å². The van der Waals surface area contributed by atoms with Crippen molar-refractivity contribution in [1.29, 1.82) is 0 Å². The fourth-order valence-corrected chi connectivity index (χ4v) is 1.96. The van der Waals surface area contributed by atoms with Crippen LogP contribution in [0.2, 0.25) is 0 Å². The van der Waals surface area contributed by atoms with E-state index in [-0.39, 0.29) is 0 Å². The van der Waals surface area contributed by atoms with Crippen molar-refractivity contribution in [3.8, 4) is 5.00 Å². The molecular weight excluding hydrogens is 199 g/mol. The Hall–Kier alpha value is -1.11. The summed E-state index contributed by atoms with van der Waals surface area (Å²) in [6.45, 7) is 1.91. The highest BCUT2D eigenvalue weighted by molar-refractivity contribution is 7.24. The summed E-state index contributed by atoms with van der Waals surface area (Å²) in [6.07, 6.45) is 1.84. The number of rotatable bonds is 2. The van der Waals surface area contributed by atoms with E-state index in [1.807, 2.05) is 25.3 Å². The van der Waals surface area contributed by atoms with Crippen LogP contribution in [0.5, 0.6) is 0 Å². The van der Waals surface area contributed by atoms with Gasteiger partial charge in [0.25, 0.3) is 0 Å². The monoisotopic (exact) mass is 208 g/mol. The molecule has 0 aliphatic carbocycles. The molecule has 0 unspecified atom stereocenters. The van der Waals surface area contributed by atoms with Crippen molar-refractivity contribution >= 4 is 23.2 Å². The number of hydrogen-bond acceptors (Lipinski definition) is 4. The van der Waals surface area contributed by atoms with Crippen molar-refractivity contribution in [3.63, 3.8) is 0 Å². The predicted octanol–water partition coefficient (Wildman–Crippen LogP) is -0.0780. The molecule has 2 aromatic rings. The van der Waals surface area contributed by atoms with Gasteiger partial charge in [0, 0.05) is 11.0 Å². The van der Waals surface area contributed by atoms with Gasteiger partial charge in [-0.1, -0.05) is 0 Å². The van der Waals surface area contributed by atoms with Gasteiger partial charge in [-0.2, -0.15) is 5.10 Å². The highest BCUT2D eigenvalue weighted by atomic mass is 32.1. The van der Waals surface area contributed by atoms with E-state index < -0.39 is 7.12 Å². The van der Waals surface area contributed by atoms with E-state index in [9.17, 15) is 0 Å². The summed E-state index contributed by atoms with van der Waals surface area (Å²) in [4.78, 5) is 0. The summed E-state index contributed by atoms with van der Waals surface area (Å²) >= 11 is 1.31. The number of hydrogen-bond donors (Lipinski definition) is 2. The van der Waals surface area contributed by atoms with Gasteiger partial charge in [-0.15, -0.1) is 11.3 Å². The van der Waals surface area contributed by atoms with Crippen LogP contribution in [0.3, 0.4) is 0 Å². The zero-order chi connectivity index (χ0) is 10.1. The second-order valence-electron chi connectivity index (χ2n) is 2.95. The highest BCUT2D eigenvalue weighted by Crippen LogP contribution is 2.12. The van der Waals surface area contributed by atoms with Crippen molar-refractivity contribution in [2.45, 2.75) is 6.92 Å². The summed E-state index contributed by atoms with van der Waals surface area (Å²) in [5.41, 5.74) is 0.935. The standard InChI is InChI=1S/C8H9BN2O2S/c1-6-4-5-11(10-6)8-3-2-7(14-8)9(12)13/h2-5,12-13H,1H3. The van der Waals surface area contributed by atoms with Crippen molar-refractivity contribution in [2.75, 3.05) is 0 Å². The van der Waals surface area contributed by atoms with E-state index in [4.69, 9.17) is 10.0 Å². The Bertz CT molecular complexity index is 438. The minimum absolute atomic E-state index is 0.521. The number of nitrogens with zero attached hydrogens (tertiary/aromatic N) is 2. The second kappa shape index (κ2) is 3.57. The fourth-order valence-electron chi connectivity index (χ4n) is 1.14. The minimum atomic E-state index is -1.40. The Labute approximate surface area is 85.6 Å². The molecule has 14 heavy (non-hydrogen) atoms. The molecule has 4 nitrogen and oxygen atoms in total. The summed E-state index contributed by atoms with van der Waals surface area (Å²) in [7, 11) is -1.40. The molecule has 72 valence electrons. The third-order valence-electron chi connectivity index (χ3n) is 1.82. The smallest absolute Gasteiger partial charge is 0.423 e. The third-order valence-corrected chi connectivity index (χ3v) is 2.93. The molecule has 0 spiro atoms. The van der Waals surface area contributed by atoms with Crippen molar-refractivity contribution in [2.24, 2.45) is 0 Å². The number of aryl methyl sites for hydroxylation is 1. The molecule has 0 amide bonds. The van der Waals surface area contributed by atoms with Crippen LogP contribution >= 0.6 is 11.3 Å². The van der Waals surface area contributed by atoms with Gasteiger partial charge in [0.15, 0.2) is 0 Å². The van der Waals surface area contributed by atoms with E-state index in [2.05, 4.69) is 5.10 Å². The van der Waals surface area contributed by atoms with Crippen LogP contribution in [0.25, 0.3) is 5.00 Å². The Kier molecular flexibility index (Phi) is 2.41. The zero-order valence-corrected chi connectivity index (χ0v) is 8.40. The average molecular weight is 208 g/mol. The molecule has 2 heterocycles. The Morgan fingerprint density at radius 2 is 2.14 bits per heavy atom. The van der Waals surface area contributed by atoms with Gasteiger partial charge in [0.1, 0.15) is 5.00 Å². The average Bonchev–Trinajstić information content (AvgIpc) is 2.70. The molecule has 0 saturated heterocycles. The van der Waals surface area contributed by atoms with E-state index in [1.165, 1.54) is 11.3 Å². The lowest BCUT2D eigenvalue weighted by Crippen LogP contribution is -2.26. The summed E-state index contributed by atoms with van der Waals surface area (Å²) in [6, 6.07) is 5.39. The SMILES string of the molecule is Cc1ccn(-c2ccc(B(O)O)s2)n1. The second-order valence-corrected chi connectivity index (χ2v) is 4.05. The van der Waals surface area contributed by atoms with E-state index in [0.717, 1.165) is 10.7 Å². The molecule has 0 saturated carbocycles. The van der Waals surface area contributed by atoms with E-state index in [1.54, 1.807) is 10.7 Å². The first-order chi connectivity index (χ1) is 6.66. The van der Waals surface area contributed by atoms with Crippen molar-refractivity contribution in [1.82, 2.24) is 9.78 Å².